The molecule has 4 heteroatoms. The molecule has 110 valence electrons. The maximum atomic E-state index is 11.2. The highest BCUT2D eigenvalue weighted by molar-refractivity contribution is 5.85. The Morgan fingerprint density at radius 1 is 1.10 bits per heavy atom. The van der Waals surface area contributed by atoms with Crippen molar-refractivity contribution < 1.29 is 9.53 Å². The van der Waals surface area contributed by atoms with Crippen molar-refractivity contribution in [1.29, 1.82) is 0 Å². The SMILES string of the molecule is COC(=O)Nc1cccc(NC(C)c2ccccc2C)c1. The highest BCUT2D eigenvalue weighted by atomic mass is 16.5. The van der Waals surface area contributed by atoms with Crippen LogP contribution in [0.5, 0.6) is 0 Å². The Hall–Kier alpha value is -2.49. The first-order valence-electron chi connectivity index (χ1n) is 6.87. The van der Waals surface area contributed by atoms with Crippen molar-refractivity contribution >= 4 is 17.5 Å². The second-order valence-electron chi connectivity index (χ2n) is 4.92. The van der Waals surface area contributed by atoms with Gasteiger partial charge in [-0.3, -0.25) is 5.32 Å². The van der Waals surface area contributed by atoms with Crippen molar-refractivity contribution in [2.45, 2.75) is 19.9 Å². The van der Waals surface area contributed by atoms with E-state index in [2.05, 4.69) is 41.4 Å². The molecule has 0 bridgehead atoms. The van der Waals surface area contributed by atoms with Gasteiger partial charge in [-0.25, -0.2) is 4.79 Å². The monoisotopic (exact) mass is 284 g/mol. The van der Waals surface area contributed by atoms with Gasteiger partial charge in [-0.05, 0) is 43.2 Å². The molecule has 2 N–H and O–H groups in total. The molecule has 0 aliphatic carbocycles. The molecule has 1 atom stereocenters. The second-order valence-corrected chi connectivity index (χ2v) is 4.92. The second kappa shape index (κ2) is 6.79. The number of rotatable bonds is 4. The van der Waals surface area contributed by atoms with Gasteiger partial charge in [0.1, 0.15) is 0 Å². The Morgan fingerprint density at radius 3 is 2.52 bits per heavy atom. The van der Waals surface area contributed by atoms with E-state index >= 15 is 0 Å². The van der Waals surface area contributed by atoms with E-state index in [1.165, 1.54) is 18.2 Å². The number of carbonyl (C=O) groups excluding carboxylic acids is 1. The number of ether oxygens (including phenoxy) is 1. The van der Waals surface area contributed by atoms with E-state index < -0.39 is 6.09 Å². The Kier molecular flexibility index (Phi) is 4.82. The molecule has 1 unspecified atom stereocenters. The average molecular weight is 284 g/mol. The largest absolute Gasteiger partial charge is 0.453 e. The molecule has 21 heavy (non-hydrogen) atoms. The summed E-state index contributed by atoms with van der Waals surface area (Å²) in [6.07, 6.45) is -0.473. The molecule has 0 aliphatic heterocycles. The van der Waals surface area contributed by atoms with Crippen LogP contribution >= 0.6 is 0 Å². The molecule has 4 nitrogen and oxygen atoms in total. The van der Waals surface area contributed by atoms with Crippen molar-refractivity contribution in [2.75, 3.05) is 17.7 Å². The van der Waals surface area contributed by atoms with Gasteiger partial charge >= 0.3 is 6.09 Å². The molecule has 0 fully saturated rings. The van der Waals surface area contributed by atoms with Gasteiger partial charge in [-0.2, -0.15) is 0 Å². The van der Waals surface area contributed by atoms with Gasteiger partial charge in [0, 0.05) is 17.4 Å². The zero-order valence-electron chi connectivity index (χ0n) is 12.5. The molecular formula is C17H20N2O2. The summed E-state index contributed by atoms with van der Waals surface area (Å²) in [5, 5.41) is 6.09. The zero-order valence-corrected chi connectivity index (χ0v) is 12.5. The van der Waals surface area contributed by atoms with Crippen molar-refractivity contribution in [3.05, 3.63) is 59.7 Å². The summed E-state index contributed by atoms with van der Waals surface area (Å²) >= 11 is 0. The summed E-state index contributed by atoms with van der Waals surface area (Å²) in [6, 6.07) is 16.0. The number of anilines is 2. The van der Waals surface area contributed by atoms with Crippen molar-refractivity contribution in [1.82, 2.24) is 0 Å². The van der Waals surface area contributed by atoms with Crippen LogP contribution in [0.1, 0.15) is 24.1 Å². The third-order valence-electron chi connectivity index (χ3n) is 3.33. The maximum Gasteiger partial charge on any atom is 0.411 e. The van der Waals surface area contributed by atoms with E-state index in [4.69, 9.17) is 0 Å². The summed E-state index contributed by atoms with van der Waals surface area (Å²) in [7, 11) is 1.34. The number of amides is 1. The number of hydrogen-bond donors (Lipinski definition) is 2. The van der Waals surface area contributed by atoms with E-state index in [1.54, 1.807) is 0 Å². The van der Waals surface area contributed by atoms with Crippen molar-refractivity contribution in [2.24, 2.45) is 0 Å². The summed E-state index contributed by atoms with van der Waals surface area (Å²) < 4.78 is 4.59. The number of aryl methyl sites for hydroxylation is 1. The normalized spacial score (nSPS) is 11.6. The van der Waals surface area contributed by atoms with Crippen LogP contribution in [-0.2, 0) is 4.74 Å². The Balaban J connectivity index is 2.11. The third-order valence-corrected chi connectivity index (χ3v) is 3.33. The summed E-state index contributed by atoms with van der Waals surface area (Å²) in [5.74, 6) is 0. The van der Waals surface area contributed by atoms with E-state index in [-0.39, 0.29) is 6.04 Å². The van der Waals surface area contributed by atoms with Gasteiger partial charge in [0.05, 0.1) is 7.11 Å². The maximum absolute atomic E-state index is 11.2. The molecule has 0 saturated heterocycles. The lowest BCUT2D eigenvalue weighted by Crippen LogP contribution is -2.12. The Bertz CT molecular complexity index is 626. The van der Waals surface area contributed by atoms with E-state index in [0.29, 0.717) is 5.69 Å². The third kappa shape index (κ3) is 3.99. The van der Waals surface area contributed by atoms with Gasteiger partial charge in [0.25, 0.3) is 0 Å². The van der Waals surface area contributed by atoms with Crippen LogP contribution in [0.3, 0.4) is 0 Å². The van der Waals surface area contributed by atoms with Gasteiger partial charge in [0.15, 0.2) is 0 Å². The number of nitrogens with one attached hydrogen (secondary N) is 2. The number of methoxy groups -OCH3 is 1. The van der Waals surface area contributed by atoms with Crippen LogP contribution in [-0.4, -0.2) is 13.2 Å². The Morgan fingerprint density at radius 2 is 1.81 bits per heavy atom. The van der Waals surface area contributed by atoms with Crippen LogP contribution in [0, 0.1) is 6.92 Å². The first-order chi connectivity index (χ1) is 10.1. The lowest BCUT2D eigenvalue weighted by atomic mass is 10.0. The fourth-order valence-corrected chi connectivity index (χ4v) is 2.26. The molecule has 2 aromatic carbocycles. The van der Waals surface area contributed by atoms with Crippen LogP contribution in [0.2, 0.25) is 0 Å². The lowest BCUT2D eigenvalue weighted by molar-refractivity contribution is 0.187. The lowest BCUT2D eigenvalue weighted by Gasteiger charge is -2.18. The fraction of sp³-hybridized carbons (Fsp3) is 0.235. The molecule has 0 saturated carbocycles. The van der Waals surface area contributed by atoms with Gasteiger partial charge in [0.2, 0.25) is 0 Å². The van der Waals surface area contributed by atoms with Gasteiger partial charge < -0.3 is 10.1 Å². The molecular weight excluding hydrogens is 264 g/mol. The van der Waals surface area contributed by atoms with E-state index in [1.807, 2.05) is 36.4 Å². The van der Waals surface area contributed by atoms with Gasteiger partial charge in [-0.1, -0.05) is 30.3 Å². The predicted octanol–water partition coefficient (Wildman–Crippen LogP) is 4.35. The highest BCUT2D eigenvalue weighted by Gasteiger charge is 2.08. The fourth-order valence-electron chi connectivity index (χ4n) is 2.26. The minimum atomic E-state index is -0.473. The summed E-state index contributed by atoms with van der Waals surface area (Å²) in [4.78, 5) is 11.2. The molecule has 0 heterocycles. The molecule has 0 aromatic heterocycles. The van der Waals surface area contributed by atoms with Gasteiger partial charge in [-0.15, -0.1) is 0 Å². The molecule has 2 aromatic rings. The highest BCUT2D eigenvalue weighted by Crippen LogP contribution is 2.23. The Labute approximate surface area is 125 Å². The number of carbonyl (C=O) groups is 1. The minimum absolute atomic E-state index is 0.180. The standard InChI is InChI=1S/C17H20N2O2/c1-12-7-4-5-10-16(12)13(2)18-14-8-6-9-15(11-14)19-17(20)21-3/h4-11,13,18H,1-3H3,(H,19,20). The van der Waals surface area contributed by atoms with Crippen molar-refractivity contribution in [3.8, 4) is 0 Å². The van der Waals surface area contributed by atoms with E-state index in [0.717, 1.165) is 5.69 Å². The first-order valence-corrected chi connectivity index (χ1v) is 6.87. The van der Waals surface area contributed by atoms with Crippen LogP contribution < -0.4 is 10.6 Å². The summed E-state index contributed by atoms with van der Waals surface area (Å²) in [6.45, 7) is 4.21. The number of hydrogen-bond acceptors (Lipinski definition) is 3. The number of benzene rings is 2. The first kappa shape index (κ1) is 14.9. The smallest absolute Gasteiger partial charge is 0.411 e. The predicted molar refractivity (Wildman–Crippen MR) is 85.7 cm³/mol. The van der Waals surface area contributed by atoms with E-state index in [9.17, 15) is 4.79 Å². The molecule has 2 rings (SSSR count). The molecule has 0 aliphatic rings. The van der Waals surface area contributed by atoms with Crippen LogP contribution in [0.15, 0.2) is 48.5 Å². The summed E-state index contributed by atoms with van der Waals surface area (Å²) in [5.41, 5.74) is 4.15. The molecule has 0 spiro atoms. The topological polar surface area (TPSA) is 50.4 Å². The zero-order chi connectivity index (χ0) is 15.2. The average Bonchev–Trinajstić information content (AvgIpc) is 2.47. The quantitative estimate of drug-likeness (QED) is 0.877. The minimum Gasteiger partial charge on any atom is -0.453 e. The molecule has 1 amide bonds. The van der Waals surface area contributed by atoms with Crippen LogP contribution in [0.25, 0.3) is 0 Å². The van der Waals surface area contributed by atoms with Crippen molar-refractivity contribution in [3.63, 3.8) is 0 Å². The molecule has 0 radical (unpaired) electrons. The van der Waals surface area contributed by atoms with Crippen LogP contribution in [0.4, 0.5) is 16.2 Å².